The lowest BCUT2D eigenvalue weighted by Gasteiger charge is -2.18. The Morgan fingerprint density at radius 2 is 1.66 bits per heavy atom. The molecule has 5 heteroatoms. The van der Waals surface area contributed by atoms with Crippen LogP contribution in [0.25, 0.3) is 10.8 Å². The van der Waals surface area contributed by atoms with E-state index < -0.39 is 5.97 Å². The van der Waals surface area contributed by atoms with E-state index in [0.29, 0.717) is 11.3 Å². The van der Waals surface area contributed by atoms with Crippen molar-refractivity contribution in [2.24, 2.45) is 0 Å². The lowest BCUT2D eigenvalue weighted by Crippen LogP contribution is -2.32. The zero-order valence-corrected chi connectivity index (χ0v) is 16.9. The van der Waals surface area contributed by atoms with Gasteiger partial charge in [-0.2, -0.15) is 0 Å². The third-order valence-electron chi connectivity index (χ3n) is 4.85. The maximum atomic E-state index is 12.6. The van der Waals surface area contributed by atoms with Gasteiger partial charge in [-0.15, -0.1) is 0 Å². The van der Waals surface area contributed by atoms with Crippen LogP contribution in [0.4, 0.5) is 0 Å². The molecule has 1 atom stereocenters. The maximum Gasteiger partial charge on any atom is 0.342 e. The van der Waals surface area contributed by atoms with E-state index in [9.17, 15) is 9.59 Å². The van der Waals surface area contributed by atoms with E-state index in [1.165, 1.54) is 7.11 Å². The first-order valence-corrected chi connectivity index (χ1v) is 9.61. The standard InChI is InChI=1S/C24H25NO4/c1-4-21(17-11-9-16(2)10-12-17)25-23(26)15-29-24(27)20-13-18-7-5-6-8-19(18)14-22(20)28-3/h5-14,21H,4,15H2,1-3H3,(H,25,26)/t21-/m0/s1. The number of amides is 1. The third-order valence-corrected chi connectivity index (χ3v) is 4.85. The van der Waals surface area contributed by atoms with Crippen LogP contribution in [0.2, 0.25) is 0 Å². The number of carbonyl (C=O) groups excluding carboxylic acids is 2. The third kappa shape index (κ3) is 4.93. The van der Waals surface area contributed by atoms with E-state index in [1.807, 2.05) is 62.4 Å². The summed E-state index contributed by atoms with van der Waals surface area (Å²) < 4.78 is 10.6. The van der Waals surface area contributed by atoms with Crippen LogP contribution in [0.1, 0.15) is 40.9 Å². The molecule has 0 spiro atoms. The van der Waals surface area contributed by atoms with Gasteiger partial charge in [0.15, 0.2) is 6.61 Å². The van der Waals surface area contributed by atoms with Crippen LogP contribution in [-0.2, 0) is 9.53 Å². The summed E-state index contributed by atoms with van der Waals surface area (Å²) >= 11 is 0. The van der Waals surface area contributed by atoms with E-state index in [4.69, 9.17) is 9.47 Å². The fourth-order valence-electron chi connectivity index (χ4n) is 3.21. The summed E-state index contributed by atoms with van der Waals surface area (Å²) in [5.41, 5.74) is 2.48. The molecule has 0 saturated carbocycles. The number of esters is 1. The van der Waals surface area contributed by atoms with Crippen molar-refractivity contribution in [2.45, 2.75) is 26.3 Å². The van der Waals surface area contributed by atoms with Crippen LogP contribution in [0.15, 0.2) is 60.7 Å². The molecule has 0 aliphatic carbocycles. The Kier molecular flexibility index (Phi) is 6.50. The van der Waals surface area contributed by atoms with E-state index in [-0.39, 0.29) is 18.6 Å². The van der Waals surface area contributed by atoms with Gasteiger partial charge in [-0.25, -0.2) is 4.79 Å². The largest absolute Gasteiger partial charge is 0.496 e. The number of aryl methyl sites for hydroxylation is 1. The number of ether oxygens (including phenoxy) is 2. The molecular formula is C24H25NO4. The summed E-state index contributed by atoms with van der Waals surface area (Å²) in [6.07, 6.45) is 0.737. The van der Waals surface area contributed by atoms with Gasteiger partial charge in [-0.1, -0.05) is 61.0 Å². The van der Waals surface area contributed by atoms with Gasteiger partial charge in [0.25, 0.3) is 5.91 Å². The second kappa shape index (κ2) is 9.24. The molecular weight excluding hydrogens is 366 g/mol. The Labute approximate surface area is 170 Å². The molecule has 0 heterocycles. The molecule has 3 aromatic carbocycles. The topological polar surface area (TPSA) is 64.6 Å². The van der Waals surface area contributed by atoms with Crippen molar-refractivity contribution in [1.29, 1.82) is 0 Å². The van der Waals surface area contributed by atoms with Gasteiger partial charge in [0.1, 0.15) is 11.3 Å². The van der Waals surface area contributed by atoms with E-state index in [1.54, 1.807) is 12.1 Å². The second-order valence-electron chi connectivity index (χ2n) is 6.91. The van der Waals surface area contributed by atoms with E-state index in [0.717, 1.165) is 28.3 Å². The molecule has 3 aromatic rings. The van der Waals surface area contributed by atoms with Gasteiger partial charge in [0.05, 0.1) is 13.2 Å². The molecule has 0 saturated heterocycles. The van der Waals surface area contributed by atoms with Crippen molar-refractivity contribution >= 4 is 22.6 Å². The molecule has 0 radical (unpaired) electrons. The molecule has 29 heavy (non-hydrogen) atoms. The van der Waals surface area contributed by atoms with Crippen molar-refractivity contribution in [1.82, 2.24) is 5.32 Å². The number of methoxy groups -OCH3 is 1. The fourth-order valence-corrected chi connectivity index (χ4v) is 3.21. The molecule has 0 aliphatic heterocycles. The predicted molar refractivity (Wildman–Crippen MR) is 113 cm³/mol. The molecule has 0 fully saturated rings. The van der Waals surface area contributed by atoms with Gasteiger partial charge < -0.3 is 14.8 Å². The highest BCUT2D eigenvalue weighted by Crippen LogP contribution is 2.26. The van der Waals surface area contributed by atoms with E-state index in [2.05, 4.69) is 5.32 Å². The normalized spacial score (nSPS) is 11.7. The predicted octanol–water partition coefficient (Wildman–Crippen LogP) is 4.58. The molecule has 0 aromatic heterocycles. The van der Waals surface area contributed by atoms with Crippen LogP contribution in [0.3, 0.4) is 0 Å². The quantitative estimate of drug-likeness (QED) is 0.599. The van der Waals surface area contributed by atoms with Crippen LogP contribution >= 0.6 is 0 Å². The van der Waals surface area contributed by atoms with Crippen LogP contribution in [0, 0.1) is 6.92 Å². The first kappa shape index (κ1) is 20.4. The van der Waals surface area contributed by atoms with Gasteiger partial charge in [0.2, 0.25) is 0 Å². The number of rotatable bonds is 7. The van der Waals surface area contributed by atoms with Gasteiger partial charge in [0, 0.05) is 0 Å². The summed E-state index contributed by atoms with van der Waals surface area (Å²) in [5, 5.41) is 4.78. The summed E-state index contributed by atoms with van der Waals surface area (Å²) in [4.78, 5) is 24.9. The lowest BCUT2D eigenvalue weighted by molar-refractivity contribution is -0.125. The second-order valence-corrected chi connectivity index (χ2v) is 6.91. The van der Waals surface area contributed by atoms with Crippen LogP contribution in [-0.4, -0.2) is 25.6 Å². The monoisotopic (exact) mass is 391 g/mol. The first-order chi connectivity index (χ1) is 14.0. The van der Waals surface area contributed by atoms with Gasteiger partial charge in [-0.05, 0) is 41.8 Å². The number of benzene rings is 3. The number of hydrogen-bond acceptors (Lipinski definition) is 4. The Bertz CT molecular complexity index is 1010. The number of hydrogen-bond donors (Lipinski definition) is 1. The Morgan fingerprint density at radius 1 is 1.00 bits per heavy atom. The molecule has 5 nitrogen and oxygen atoms in total. The highest BCUT2D eigenvalue weighted by molar-refractivity contribution is 5.99. The van der Waals surface area contributed by atoms with Crippen molar-refractivity contribution in [2.75, 3.05) is 13.7 Å². The van der Waals surface area contributed by atoms with Crippen LogP contribution < -0.4 is 10.1 Å². The number of carbonyl (C=O) groups is 2. The van der Waals surface area contributed by atoms with Gasteiger partial charge >= 0.3 is 5.97 Å². The minimum absolute atomic E-state index is 0.128. The summed E-state index contributed by atoms with van der Waals surface area (Å²) in [6, 6.07) is 19.1. The van der Waals surface area contributed by atoms with Crippen LogP contribution in [0.5, 0.6) is 5.75 Å². The summed E-state index contributed by atoms with van der Waals surface area (Å²) in [7, 11) is 1.50. The zero-order valence-electron chi connectivity index (χ0n) is 16.9. The van der Waals surface area contributed by atoms with Crippen molar-refractivity contribution in [3.8, 4) is 5.75 Å². The lowest BCUT2D eigenvalue weighted by atomic mass is 10.0. The minimum Gasteiger partial charge on any atom is -0.496 e. The molecule has 1 amide bonds. The molecule has 1 N–H and O–H groups in total. The summed E-state index contributed by atoms with van der Waals surface area (Å²) in [5.74, 6) is -0.517. The molecule has 0 bridgehead atoms. The zero-order chi connectivity index (χ0) is 20.8. The first-order valence-electron chi connectivity index (χ1n) is 9.61. The maximum absolute atomic E-state index is 12.6. The Hall–Kier alpha value is -3.34. The Morgan fingerprint density at radius 3 is 2.28 bits per heavy atom. The van der Waals surface area contributed by atoms with Crippen molar-refractivity contribution in [3.63, 3.8) is 0 Å². The van der Waals surface area contributed by atoms with Crippen molar-refractivity contribution in [3.05, 3.63) is 77.4 Å². The number of nitrogens with one attached hydrogen (secondary N) is 1. The van der Waals surface area contributed by atoms with Gasteiger partial charge in [-0.3, -0.25) is 4.79 Å². The average Bonchev–Trinajstić information content (AvgIpc) is 2.75. The average molecular weight is 391 g/mol. The highest BCUT2D eigenvalue weighted by atomic mass is 16.5. The molecule has 0 unspecified atom stereocenters. The number of fused-ring (bicyclic) bond motifs is 1. The highest BCUT2D eigenvalue weighted by Gasteiger charge is 2.18. The minimum atomic E-state index is -0.592. The molecule has 3 rings (SSSR count). The summed E-state index contributed by atoms with van der Waals surface area (Å²) in [6.45, 7) is 3.66. The SMILES string of the molecule is CC[C@H](NC(=O)COC(=O)c1cc2ccccc2cc1OC)c1ccc(C)cc1. The van der Waals surface area contributed by atoms with Crippen molar-refractivity contribution < 1.29 is 19.1 Å². The molecule has 0 aliphatic rings. The fraction of sp³-hybridized carbons (Fsp3) is 0.250. The smallest absolute Gasteiger partial charge is 0.342 e. The Balaban J connectivity index is 1.66. The molecule has 150 valence electrons. The van der Waals surface area contributed by atoms with E-state index >= 15 is 0 Å².